The fourth-order valence-corrected chi connectivity index (χ4v) is 1.33. The fraction of sp³-hybridized carbons (Fsp3) is 0.154. The first-order valence-corrected chi connectivity index (χ1v) is 4.91. The van der Waals surface area contributed by atoms with Crippen LogP contribution in [0.15, 0.2) is 42.5 Å². The number of rotatable bonds is 4. The zero-order valence-corrected chi connectivity index (χ0v) is 9.34. The van der Waals surface area contributed by atoms with Crippen LogP contribution >= 0.6 is 0 Å². The Morgan fingerprint density at radius 1 is 1.35 bits per heavy atom. The first-order chi connectivity index (χ1) is 8.06. The number of ether oxygens (including phenoxy) is 1. The molecule has 0 aliphatic carbocycles. The number of benzene rings is 1. The summed E-state index contributed by atoms with van der Waals surface area (Å²) in [6.45, 7) is 4.74. The van der Waals surface area contributed by atoms with Crippen LogP contribution in [0.5, 0.6) is 0 Å². The van der Waals surface area contributed by atoms with Crippen molar-refractivity contribution in [1.29, 1.82) is 5.26 Å². The van der Waals surface area contributed by atoms with Crippen molar-refractivity contribution in [2.24, 2.45) is 0 Å². The second kappa shape index (κ2) is 5.61. The quantitative estimate of drug-likeness (QED) is 0.449. The third-order valence-electron chi connectivity index (χ3n) is 2.10. The highest BCUT2D eigenvalue weighted by molar-refractivity contribution is 6.07. The highest BCUT2D eigenvalue weighted by Crippen LogP contribution is 2.25. The molecule has 0 saturated carbocycles. The lowest BCUT2D eigenvalue weighted by Gasteiger charge is -2.17. The number of nitrogens with zero attached hydrogens (tertiary/aromatic N) is 1. The minimum atomic E-state index is -0.902. The van der Waals surface area contributed by atoms with E-state index in [0.717, 1.165) is 0 Å². The summed E-state index contributed by atoms with van der Waals surface area (Å²) in [6, 6.07) is 10.1. The Labute approximate surface area is 99.1 Å². The monoisotopic (exact) mass is 229 g/mol. The molecule has 1 atom stereocenters. The smallest absolute Gasteiger partial charge is 0.303 e. The number of esters is 1. The van der Waals surface area contributed by atoms with E-state index in [9.17, 15) is 9.59 Å². The molecule has 0 saturated heterocycles. The zero-order chi connectivity index (χ0) is 12.8. The van der Waals surface area contributed by atoms with Crippen molar-refractivity contribution in [2.45, 2.75) is 13.0 Å². The van der Waals surface area contributed by atoms with Crippen LogP contribution in [0, 0.1) is 11.3 Å². The molecule has 0 N–H and O–H groups in total. The van der Waals surface area contributed by atoms with E-state index in [0.29, 0.717) is 5.56 Å². The maximum absolute atomic E-state index is 11.3. The van der Waals surface area contributed by atoms with E-state index in [2.05, 4.69) is 6.58 Å². The van der Waals surface area contributed by atoms with Gasteiger partial charge in [-0.05, 0) is 5.56 Å². The third-order valence-corrected chi connectivity index (χ3v) is 2.10. The highest BCUT2D eigenvalue weighted by Gasteiger charge is 2.23. The van der Waals surface area contributed by atoms with Crippen LogP contribution in [-0.4, -0.2) is 11.8 Å². The lowest BCUT2D eigenvalue weighted by atomic mass is 10.00. The Hall–Kier alpha value is -2.41. The van der Waals surface area contributed by atoms with Crippen molar-refractivity contribution >= 4 is 11.8 Å². The van der Waals surface area contributed by atoms with Gasteiger partial charge in [-0.2, -0.15) is 5.26 Å². The summed E-state index contributed by atoms with van der Waals surface area (Å²) in [5.41, 5.74) is 0.560. The largest absolute Gasteiger partial charge is 0.453 e. The van der Waals surface area contributed by atoms with Crippen LogP contribution in [0.1, 0.15) is 18.6 Å². The van der Waals surface area contributed by atoms with Crippen LogP contribution < -0.4 is 0 Å². The molecule has 0 aliphatic rings. The summed E-state index contributed by atoms with van der Waals surface area (Å²) >= 11 is 0. The van der Waals surface area contributed by atoms with Gasteiger partial charge in [0.1, 0.15) is 6.07 Å². The summed E-state index contributed by atoms with van der Waals surface area (Å²) in [7, 11) is 0. The van der Waals surface area contributed by atoms with Gasteiger partial charge in [0, 0.05) is 12.5 Å². The Balaban J connectivity index is 3.05. The molecule has 4 nitrogen and oxygen atoms in total. The van der Waals surface area contributed by atoms with E-state index in [1.807, 2.05) is 0 Å². The average molecular weight is 229 g/mol. The van der Waals surface area contributed by atoms with E-state index >= 15 is 0 Å². The van der Waals surface area contributed by atoms with Gasteiger partial charge in [0.25, 0.3) is 5.78 Å². The molecular formula is C13H11NO3. The predicted octanol–water partition coefficient (Wildman–Crippen LogP) is 1.94. The van der Waals surface area contributed by atoms with Crippen LogP contribution in [0.25, 0.3) is 0 Å². The molecular weight excluding hydrogens is 218 g/mol. The minimum absolute atomic E-state index is 0.0473. The normalized spacial score (nSPS) is 11.1. The molecule has 17 heavy (non-hydrogen) atoms. The number of hydrogen-bond donors (Lipinski definition) is 0. The van der Waals surface area contributed by atoms with E-state index in [-0.39, 0.29) is 5.57 Å². The molecule has 4 heteroatoms. The number of hydrogen-bond acceptors (Lipinski definition) is 4. The SMILES string of the molecule is C=C(C(=O)C#N)C(OC(C)=O)c1ccccc1. The van der Waals surface area contributed by atoms with Gasteiger partial charge in [0.05, 0.1) is 0 Å². The van der Waals surface area contributed by atoms with Crippen molar-refractivity contribution in [3.63, 3.8) is 0 Å². The van der Waals surface area contributed by atoms with Gasteiger partial charge in [0.2, 0.25) is 0 Å². The maximum Gasteiger partial charge on any atom is 0.303 e. The van der Waals surface area contributed by atoms with E-state index in [1.54, 1.807) is 30.3 Å². The highest BCUT2D eigenvalue weighted by atomic mass is 16.5. The van der Waals surface area contributed by atoms with Crippen molar-refractivity contribution < 1.29 is 14.3 Å². The van der Waals surface area contributed by atoms with E-state index < -0.39 is 17.9 Å². The summed E-state index contributed by atoms with van der Waals surface area (Å²) in [4.78, 5) is 22.2. The Bertz CT molecular complexity index is 485. The van der Waals surface area contributed by atoms with Crippen LogP contribution in [-0.2, 0) is 14.3 Å². The van der Waals surface area contributed by atoms with Gasteiger partial charge in [-0.3, -0.25) is 9.59 Å². The summed E-state index contributed by atoms with van der Waals surface area (Å²) in [5, 5.41) is 8.53. The fourth-order valence-electron chi connectivity index (χ4n) is 1.33. The molecule has 1 rings (SSSR count). The first-order valence-electron chi connectivity index (χ1n) is 4.91. The first kappa shape index (κ1) is 12.7. The molecule has 0 heterocycles. The van der Waals surface area contributed by atoms with Crippen molar-refractivity contribution in [2.75, 3.05) is 0 Å². The Morgan fingerprint density at radius 2 is 1.94 bits per heavy atom. The second-order valence-corrected chi connectivity index (χ2v) is 3.37. The Morgan fingerprint density at radius 3 is 2.41 bits per heavy atom. The summed E-state index contributed by atoms with van der Waals surface area (Å²) in [6.07, 6.45) is -0.902. The zero-order valence-electron chi connectivity index (χ0n) is 9.34. The van der Waals surface area contributed by atoms with Crippen molar-refractivity contribution in [1.82, 2.24) is 0 Å². The van der Waals surface area contributed by atoms with E-state index in [4.69, 9.17) is 10.00 Å². The molecule has 0 radical (unpaired) electrons. The van der Waals surface area contributed by atoms with Crippen LogP contribution in [0.4, 0.5) is 0 Å². The van der Waals surface area contributed by atoms with Crippen molar-refractivity contribution in [3.05, 3.63) is 48.0 Å². The summed E-state index contributed by atoms with van der Waals surface area (Å²) in [5.74, 6) is -1.33. The molecule has 1 aromatic carbocycles. The number of Topliss-reactive ketones (excluding diaryl/α,β-unsaturated/α-hetero) is 1. The molecule has 1 unspecified atom stereocenters. The molecule has 0 amide bonds. The molecule has 0 fully saturated rings. The van der Waals surface area contributed by atoms with Crippen LogP contribution in [0.2, 0.25) is 0 Å². The average Bonchev–Trinajstić information content (AvgIpc) is 2.35. The van der Waals surface area contributed by atoms with Gasteiger partial charge in [0.15, 0.2) is 6.10 Å². The van der Waals surface area contributed by atoms with Gasteiger partial charge >= 0.3 is 5.97 Å². The molecule has 0 aliphatic heterocycles. The number of ketones is 1. The number of nitriles is 1. The van der Waals surface area contributed by atoms with Gasteiger partial charge in [-0.15, -0.1) is 0 Å². The van der Waals surface area contributed by atoms with Gasteiger partial charge in [-0.1, -0.05) is 36.9 Å². The standard InChI is InChI=1S/C13H11NO3/c1-9(12(16)8-14)13(17-10(2)15)11-6-4-3-5-7-11/h3-7,13H,1H2,2H3. The van der Waals surface area contributed by atoms with Crippen LogP contribution in [0.3, 0.4) is 0 Å². The molecule has 86 valence electrons. The minimum Gasteiger partial charge on any atom is -0.453 e. The molecule has 1 aromatic rings. The third kappa shape index (κ3) is 3.28. The number of carbonyl (C=O) groups excluding carboxylic acids is 2. The number of carbonyl (C=O) groups is 2. The topological polar surface area (TPSA) is 67.2 Å². The molecule has 0 bridgehead atoms. The second-order valence-electron chi connectivity index (χ2n) is 3.37. The maximum atomic E-state index is 11.3. The van der Waals surface area contributed by atoms with E-state index in [1.165, 1.54) is 13.0 Å². The van der Waals surface area contributed by atoms with Crippen molar-refractivity contribution in [3.8, 4) is 6.07 Å². The Kier molecular flexibility index (Phi) is 4.18. The summed E-state index contributed by atoms with van der Waals surface area (Å²) < 4.78 is 5.01. The van der Waals surface area contributed by atoms with Gasteiger partial charge < -0.3 is 4.74 Å². The van der Waals surface area contributed by atoms with Gasteiger partial charge in [-0.25, -0.2) is 0 Å². The lowest BCUT2D eigenvalue weighted by molar-refractivity contribution is -0.145. The lowest BCUT2D eigenvalue weighted by Crippen LogP contribution is -2.15. The predicted molar refractivity (Wildman–Crippen MR) is 60.7 cm³/mol. The molecule has 0 spiro atoms. The molecule has 0 aromatic heterocycles.